The normalized spacial score (nSPS) is 12.5. The summed E-state index contributed by atoms with van der Waals surface area (Å²) in [6, 6.07) is 3.48. The van der Waals surface area contributed by atoms with Crippen LogP contribution < -0.4 is 0 Å². The lowest BCUT2D eigenvalue weighted by atomic mass is 10.3. The molecule has 0 spiro atoms. The average Bonchev–Trinajstić information content (AvgIpc) is 2.56. The molecule has 0 atom stereocenters. The summed E-state index contributed by atoms with van der Waals surface area (Å²) in [5.41, 5.74) is 1.38. The number of thiophene rings is 1. The Bertz CT molecular complexity index is 674. The van der Waals surface area contributed by atoms with Gasteiger partial charge in [-0.25, -0.2) is 13.4 Å². The second-order valence-corrected chi connectivity index (χ2v) is 8.23. The predicted octanol–water partition coefficient (Wildman–Crippen LogP) is 3.44. The molecule has 0 saturated heterocycles. The quantitative estimate of drug-likeness (QED) is 0.796. The van der Waals surface area contributed by atoms with Gasteiger partial charge in [0.05, 0.1) is 15.5 Å². The molecule has 92 valence electrons. The van der Waals surface area contributed by atoms with Crippen LogP contribution in [0.25, 0.3) is 10.2 Å². The first-order chi connectivity index (χ1) is 7.84. The van der Waals surface area contributed by atoms with Gasteiger partial charge in [0.1, 0.15) is 9.36 Å². The largest absolute Gasteiger partial charge is 0.235 e. The fourth-order valence-electron chi connectivity index (χ4n) is 1.53. The Balaban J connectivity index is 2.78. The molecule has 2 aromatic heterocycles. The van der Waals surface area contributed by atoms with E-state index in [1.165, 1.54) is 11.3 Å². The van der Waals surface area contributed by atoms with Crippen LogP contribution in [0, 0.1) is 6.92 Å². The average molecular weight is 290 g/mol. The van der Waals surface area contributed by atoms with E-state index in [-0.39, 0.29) is 0 Å². The summed E-state index contributed by atoms with van der Waals surface area (Å²) >= 11 is 7.08. The second kappa shape index (κ2) is 4.23. The molecule has 2 heterocycles. The van der Waals surface area contributed by atoms with Crippen LogP contribution in [0.1, 0.15) is 19.4 Å². The fourth-order valence-corrected chi connectivity index (χ4v) is 4.82. The molecule has 0 amide bonds. The minimum atomic E-state index is -3.25. The molecule has 0 bridgehead atoms. The van der Waals surface area contributed by atoms with Crippen LogP contribution in [-0.4, -0.2) is 18.7 Å². The van der Waals surface area contributed by atoms with Crippen molar-refractivity contribution in [1.82, 2.24) is 4.98 Å². The summed E-state index contributed by atoms with van der Waals surface area (Å²) in [4.78, 5) is 4.18. The van der Waals surface area contributed by atoms with Crippen molar-refractivity contribution in [2.75, 3.05) is 0 Å². The molecule has 17 heavy (non-hydrogen) atoms. The summed E-state index contributed by atoms with van der Waals surface area (Å²) in [5, 5.41) is -0.0448. The summed E-state index contributed by atoms with van der Waals surface area (Å²) in [6.07, 6.45) is 0. The maximum atomic E-state index is 12.2. The summed E-state index contributed by atoms with van der Waals surface area (Å²) in [5.74, 6) is 0. The van der Waals surface area contributed by atoms with E-state index in [9.17, 15) is 8.42 Å². The first-order valence-corrected chi connectivity index (χ1v) is 7.87. The standard InChI is InChI=1S/C11H12ClNO2S2/c1-6(2)17(14,15)11-7(3)10-8(16-11)4-5-9(12)13-10/h4-6H,1-3H3. The zero-order chi connectivity index (χ0) is 12.8. The van der Waals surface area contributed by atoms with Crippen LogP contribution in [0.4, 0.5) is 0 Å². The van der Waals surface area contributed by atoms with Gasteiger partial charge >= 0.3 is 0 Å². The van der Waals surface area contributed by atoms with Gasteiger partial charge in [-0.15, -0.1) is 11.3 Å². The lowest BCUT2D eigenvalue weighted by Crippen LogP contribution is -2.13. The summed E-state index contributed by atoms with van der Waals surface area (Å²) in [6.45, 7) is 5.14. The van der Waals surface area contributed by atoms with Crippen molar-refractivity contribution in [3.8, 4) is 0 Å². The van der Waals surface area contributed by atoms with Crippen LogP contribution in [0.3, 0.4) is 0 Å². The summed E-state index contributed by atoms with van der Waals surface area (Å²) < 4.78 is 25.6. The number of hydrogen-bond acceptors (Lipinski definition) is 4. The van der Waals surface area contributed by atoms with Crippen molar-refractivity contribution in [2.45, 2.75) is 30.2 Å². The third kappa shape index (κ3) is 2.07. The molecule has 0 N–H and O–H groups in total. The van der Waals surface area contributed by atoms with Crippen molar-refractivity contribution in [1.29, 1.82) is 0 Å². The van der Waals surface area contributed by atoms with Crippen LogP contribution in [0.15, 0.2) is 16.3 Å². The van der Waals surface area contributed by atoms with E-state index in [1.54, 1.807) is 26.8 Å². The highest BCUT2D eigenvalue weighted by atomic mass is 35.5. The molecule has 0 saturated carbocycles. The van der Waals surface area contributed by atoms with Crippen LogP contribution in [0.5, 0.6) is 0 Å². The Hall–Kier alpha value is -0.650. The van der Waals surface area contributed by atoms with Gasteiger partial charge in [0.25, 0.3) is 0 Å². The van der Waals surface area contributed by atoms with E-state index in [0.717, 1.165) is 4.70 Å². The highest BCUT2D eigenvalue weighted by Gasteiger charge is 2.25. The number of pyridine rings is 1. The zero-order valence-electron chi connectivity index (χ0n) is 9.69. The summed E-state index contributed by atoms with van der Waals surface area (Å²) in [7, 11) is -3.25. The maximum Gasteiger partial charge on any atom is 0.190 e. The molecule has 0 aliphatic heterocycles. The van der Waals surface area contributed by atoms with Gasteiger partial charge in [-0.2, -0.15) is 0 Å². The molecule has 0 aromatic carbocycles. The zero-order valence-corrected chi connectivity index (χ0v) is 12.1. The van der Waals surface area contributed by atoms with Crippen molar-refractivity contribution in [3.05, 3.63) is 22.8 Å². The maximum absolute atomic E-state index is 12.2. The smallest absolute Gasteiger partial charge is 0.190 e. The van der Waals surface area contributed by atoms with Gasteiger partial charge in [-0.3, -0.25) is 0 Å². The third-order valence-electron chi connectivity index (χ3n) is 2.57. The van der Waals surface area contributed by atoms with Crippen molar-refractivity contribution < 1.29 is 8.42 Å². The monoisotopic (exact) mass is 289 g/mol. The molecule has 3 nitrogen and oxygen atoms in total. The fraction of sp³-hybridized carbons (Fsp3) is 0.364. The van der Waals surface area contributed by atoms with E-state index in [0.29, 0.717) is 20.4 Å². The molecule has 0 aliphatic rings. The van der Waals surface area contributed by atoms with Crippen LogP contribution >= 0.6 is 22.9 Å². The number of hydrogen-bond donors (Lipinski definition) is 0. The van der Waals surface area contributed by atoms with Gasteiger partial charge in [0.15, 0.2) is 9.84 Å². The van der Waals surface area contributed by atoms with Gasteiger partial charge in [0, 0.05) is 5.56 Å². The molecule has 0 fully saturated rings. The first kappa shape index (κ1) is 12.8. The second-order valence-electron chi connectivity index (χ2n) is 4.09. The molecule has 2 aromatic rings. The molecular weight excluding hydrogens is 278 g/mol. The molecule has 0 radical (unpaired) electrons. The minimum Gasteiger partial charge on any atom is -0.235 e. The molecule has 2 rings (SSSR count). The lowest BCUT2D eigenvalue weighted by Gasteiger charge is -2.05. The number of fused-ring (bicyclic) bond motifs is 1. The van der Waals surface area contributed by atoms with E-state index in [1.807, 2.05) is 6.07 Å². The number of halogens is 1. The van der Waals surface area contributed by atoms with Gasteiger partial charge in [0.2, 0.25) is 0 Å². The Morgan fingerprint density at radius 1 is 1.35 bits per heavy atom. The van der Waals surface area contributed by atoms with E-state index in [4.69, 9.17) is 11.6 Å². The number of nitrogens with zero attached hydrogens (tertiary/aromatic N) is 1. The van der Waals surface area contributed by atoms with Gasteiger partial charge < -0.3 is 0 Å². The number of sulfone groups is 1. The van der Waals surface area contributed by atoms with Crippen molar-refractivity contribution in [3.63, 3.8) is 0 Å². The predicted molar refractivity (Wildman–Crippen MR) is 71.7 cm³/mol. The Kier molecular flexibility index (Phi) is 3.18. The highest BCUT2D eigenvalue weighted by Crippen LogP contribution is 2.35. The molecule has 0 unspecified atom stereocenters. The van der Waals surface area contributed by atoms with Gasteiger partial charge in [-0.1, -0.05) is 11.6 Å². The molecule has 0 aliphatic carbocycles. The van der Waals surface area contributed by atoms with Crippen LogP contribution in [-0.2, 0) is 9.84 Å². The number of aryl methyl sites for hydroxylation is 1. The minimum absolute atomic E-state index is 0.381. The molecular formula is C11H12ClNO2S2. The number of rotatable bonds is 2. The lowest BCUT2D eigenvalue weighted by molar-refractivity contribution is 0.589. The Labute approximate surface area is 109 Å². The van der Waals surface area contributed by atoms with Crippen molar-refractivity contribution >= 4 is 43.0 Å². The topological polar surface area (TPSA) is 47.0 Å². The molecule has 6 heteroatoms. The van der Waals surface area contributed by atoms with Gasteiger partial charge in [-0.05, 0) is 32.9 Å². The third-order valence-corrected chi connectivity index (χ3v) is 6.83. The Morgan fingerprint density at radius 3 is 2.59 bits per heavy atom. The van der Waals surface area contributed by atoms with E-state index < -0.39 is 15.1 Å². The van der Waals surface area contributed by atoms with Crippen molar-refractivity contribution in [2.24, 2.45) is 0 Å². The van der Waals surface area contributed by atoms with E-state index in [2.05, 4.69) is 4.98 Å². The highest BCUT2D eigenvalue weighted by molar-refractivity contribution is 7.94. The number of aromatic nitrogens is 1. The first-order valence-electron chi connectivity index (χ1n) is 5.13. The van der Waals surface area contributed by atoms with E-state index >= 15 is 0 Å². The SMILES string of the molecule is Cc1c(S(=O)(=O)C(C)C)sc2ccc(Cl)nc12. The van der Waals surface area contributed by atoms with Crippen LogP contribution in [0.2, 0.25) is 5.15 Å². The Morgan fingerprint density at radius 2 is 2.00 bits per heavy atom.